The van der Waals surface area contributed by atoms with Gasteiger partial charge < -0.3 is 10.1 Å². The summed E-state index contributed by atoms with van der Waals surface area (Å²) in [6.07, 6.45) is 2.74. The normalized spacial score (nSPS) is 22.4. The molecule has 3 rings (SSSR count). The van der Waals surface area contributed by atoms with E-state index in [1.807, 2.05) is 0 Å². The van der Waals surface area contributed by atoms with E-state index < -0.39 is 0 Å². The molecule has 98 valence electrons. The lowest BCUT2D eigenvalue weighted by atomic mass is 9.85. The second-order valence-corrected chi connectivity index (χ2v) is 6.30. The molecule has 2 aliphatic rings. The highest BCUT2D eigenvalue weighted by Gasteiger charge is 2.35. The van der Waals surface area contributed by atoms with Gasteiger partial charge in [0, 0.05) is 17.0 Å². The Bertz CT molecular complexity index is 448. The smallest absolute Gasteiger partial charge is 0.123 e. The molecule has 1 fully saturated rings. The first-order valence-electron chi connectivity index (χ1n) is 7.12. The van der Waals surface area contributed by atoms with Gasteiger partial charge in [-0.3, -0.25) is 0 Å². The predicted octanol–water partition coefficient (Wildman–Crippen LogP) is 3.42. The molecule has 1 atom stereocenters. The van der Waals surface area contributed by atoms with Gasteiger partial charge in [0.2, 0.25) is 0 Å². The molecule has 1 saturated carbocycles. The molecule has 2 heteroatoms. The molecule has 1 aliphatic heterocycles. The number of ether oxygens (including phenoxy) is 1. The molecule has 18 heavy (non-hydrogen) atoms. The number of rotatable bonds is 4. The van der Waals surface area contributed by atoms with Crippen molar-refractivity contribution >= 4 is 0 Å². The lowest BCUT2D eigenvalue weighted by Crippen LogP contribution is -2.23. The summed E-state index contributed by atoms with van der Waals surface area (Å²) in [6, 6.07) is 7.31. The standard InChI is InChI=1S/C16H23NO/c1-4-17-15(11-5-6-11)12-7-8-14-13(9-12)16(2,3)10-18-14/h7-9,11,15,17H,4-6,10H2,1-3H3. The maximum Gasteiger partial charge on any atom is 0.123 e. The Labute approximate surface area is 110 Å². The Balaban J connectivity index is 1.93. The Morgan fingerprint density at radius 3 is 2.83 bits per heavy atom. The Kier molecular flexibility index (Phi) is 2.86. The third-order valence-corrected chi connectivity index (χ3v) is 4.20. The molecule has 2 nitrogen and oxygen atoms in total. The zero-order chi connectivity index (χ0) is 12.8. The lowest BCUT2D eigenvalue weighted by molar-refractivity contribution is 0.291. The summed E-state index contributed by atoms with van der Waals surface area (Å²) in [6.45, 7) is 8.57. The fourth-order valence-corrected chi connectivity index (χ4v) is 2.94. The summed E-state index contributed by atoms with van der Waals surface area (Å²) >= 11 is 0. The molecule has 1 unspecified atom stereocenters. The quantitative estimate of drug-likeness (QED) is 0.877. The van der Waals surface area contributed by atoms with Gasteiger partial charge in [0.15, 0.2) is 0 Å². The monoisotopic (exact) mass is 245 g/mol. The van der Waals surface area contributed by atoms with Gasteiger partial charge >= 0.3 is 0 Å². The molecule has 0 spiro atoms. The number of benzene rings is 1. The van der Waals surface area contributed by atoms with Crippen LogP contribution in [0.15, 0.2) is 18.2 Å². The van der Waals surface area contributed by atoms with Gasteiger partial charge in [-0.05, 0) is 43.0 Å². The Morgan fingerprint density at radius 2 is 2.17 bits per heavy atom. The Morgan fingerprint density at radius 1 is 1.39 bits per heavy atom. The van der Waals surface area contributed by atoms with E-state index in [0.29, 0.717) is 6.04 Å². The van der Waals surface area contributed by atoms with Gasteiger partial charge in [-0.15, -0.1) is 0 Å². The summed E-state index contributed by atoms with van der Waals surface area (Å²) in [5.41, 5.74) is 2.98. The van der Waals surface area contributed by atoms with Gasteiger partial charge in [-0.25, -0.2) is 0 Å². The van der Waals surface area contributed by atoms with Crippen LogP contribution in [-0.2, 0) is 5.41 Å². The summed E-state index contributed by atoms with van der Waals surface area (Å²) in [4.78, 5) is 0. The summed E-state index contributed by atoms with van der Waals surface area (Å²) in [5.74, 6) is 1.92. The van der Waals surface area contributed by atoms with Gasteiger partial charge in [0.25, 0.3) is 0 Å². The van der Waals surface area contributed by atoms with E-state index in [9.17, 15) is 0 Å². The fraction of sp³-hybridized carbons (Fsp3) is 0.625. The highest BCUT2D eigenvalue weighted by atomic mass is 16.5. The van der Waals surface area contributed by atoms with Crippen molar-refractivity contribution < 1.29 is 4.74 Å². The van der Waals surface area contributed by atoms with Crippen LogP contribution in [0.4, 0.5) is 0 Å². The second kappa shape index (κ2) is 4.27. The van der Waals surface area contributed by atoms with Crippen molar-refractivity contribution in [1.82, 2.24) is 5.32 Å². The highest BCUT2D eigenvalue weighted by molar-refractivity contribution is 5.46. The highest BCUT2D eigenvalue weighted by Crippen LogP contribution is 2.44. The van der Waals surface area contributed by atoms with E-state index >= 15 is 0 Å². The SMILES string of the molecule is CCNC(c1ccc2c(c1)C(C)(C)CO2)C1CC1. The van der Waals surface area contributed by atoms with Gasteiger partial charge in [0.05, 0.1) is 6.61 Å². The van der Waals surface area contributed by atoms with Crippen LogP contribution in [-0.4, -0.2) is 13.2 Å². The zero-order valence-corrected chi connectivity index (χ0v) is 11.6. The first-order chi connectivity index (χ1) is 8.62. The van der Waals surface area contributed by atoms with Gasteiger partial charge in [-0.1, -0.05) is 26.8 Å². The molecular formula is C16H23NO. The number of nitrogens with one attached hydrogen (secondary N) is 1. The fourth-order valence-electron chi connectivity index (χ4n) is 2.94. The van der Waals surface area contributed by atoms with E-state index in [-0.39, 0.29) is 5.41 Å². The molecule has 1 aliphatic carbocycles. The molecule has 1 N–H and O–H groups in total. The second-order valence-electron chi connectivity index (χ2n) is 6.30. The van der Waals surface area contributed by atoms with Crippen LogP contribution >= 0.6 is 0 Å². The summed E-state index contributed by atoms with van der Waals surface area (Å²) in [5, 5.41) is 3.64. The molecule has 0 amide bonds. The van der Waals surface area contributed by atoms with E-state index in [1.54, 1.807) is 0 Å². The molecule has 0 radical (unpaired) electrons. The van der Waals surface area contributed by atoms with Crippen LogP contribution in [0.1, 0.15) is 50.8 Å². The maximum atomic E-state index is 5.76. The van der Waals surface area contributed by atoms with Crippen LogP contribution in [0.3, 0.4) is 0 Å². The van der Waals surface area contributed by atoms with Crippen LogP contribution in [0.2, 0.25) is 0 Å². The molecule has 1 heterocycles. The molecule has 0 saturated heterocycles. The van der Waals surface area contributed by atoms with E-state index in [2.05, 4.69) is 44.3 Å². The average molecular weight is 245 g/mol. The summed E-state index contributed by atoms with van der Waals surface area (Å²) in [7, 11) is 0. The maximum absolute atomic E-state index is 5.76. The van der Waals surface area contributed by atoms with E-state index in [1.165, 1.54) is 24.0 Å². The van der Waals surface area contributed by atoms with E-state index in [4.69, 9.17) is 4.74 Å². The van der Waals surface area contributed by atoms with Crippen LogP contribution in [0, 0.1) is 5.92 Å². The van der Waals surface area contributed by atoms with Crippen molar-refractivity contribution in [2.24, 2.45) is 5.92 Å². The lowest BCUT2D eigenvalue weighted by Gasteiger charge is -2.21. The number of hydrogen-bond donors (Lipinski definition) is 1. The predicted molar refractivity (Wildman–Crippen MR) is 74.1 cm³/mol. The number of hydrogen-bond acceptors (Lipinski definition) is 2. The van der Waals surface area contributed by atoms with Gasteiger partial charge in [-0.2, -0.15) is 0 Å². The third-order valence-electron chi connectivity index (χ3n) is 4.20. The van der Waals surface area contributed by atoms with Crippen molar-refractivity contribution in [2.45, 2.75) is 45.1 Å². The minimum Gasteiger partial charge on any atom is -0.492 e. The van der Waals surface area contributed by atoms with Crippen molar-refractivity contribution in [3.63, 3.8) is 0 Å². The molecular weight excluding hydrogens is 222 g/mol. The minimum atomic E-state index is 0.158. The van der Waals surface area contributed by atoms with Crippen molar-refractivity contribution in [3.8, 4) is 5.75 Å². The summed E-state index contributed by atoms with van der Waals surface area (Å²) < 4.78 is 5.76. The van der Waals surface area contributed by atoms with E-state index in [0.717, 1.165) is 24.8 Å². The van der Waals surface area contributed by atoms with Crippen molar-refractivity contribution in [2.75, 3.05) is 13.2 Å². The molecule has 1 aromatic carbocycles. The first kappa shape index (κ1) is 12.0. The van der Waals surface area contributed by atoms with Crippen molar-refractivity contribution in [1.29, 1.82) is 0 Å². The van der Waals surface area contributed by atoms with Gasteiger partial charge in [0.1, 0.15) is 5.75 Å². The number of fused-ring (bicyclic) bond motifs is 1. The van der Waals surface area contributed by atoms with Crippen LogP contribution in [0.5, 0.6) is 5.75 Å². The van der Waals surface area contributed by atoms with Crippen LogP contribution in [0.25, 0.3) is 0 Å². The molecule has 0 aromatic heterocycles. The Hall–Kier alpha value is -1.02. The largest absolute Gasteiger partial charge is 0.492 e. The van der Waals surface area contributed by atoms with Crippen LogP contribution < -0.4 is 10.1 Å². The molecule has 0 bridgehead atoms. The minimum absolute atomic E-state index is 0.158. The zero-order valence-electron chi connectivity index (χ0n) is 11.6. The average Bonchev–Trinajstić information content (AvgIpc) is 3.13. The topological polar surface area (TPSA) is 21.3 Å². The first-order valence-corrected chi connectivity index (χ1v) is 7.12. The van der Waals surface area contributed by atoms with Crippen molar-refractivity contribution in [3.05, 3.63) is 29.3 Å². The molecule has 1 aromatic rings. The third kappa shape index (κ3) is 2.03.